The Morgan fingerprint density at radius 2 is 0.729 bits per heavy atom. The van der Waals surface area contributed by atoms with Gasteiger partial charge in [-0.05, 0) is 132 Å². The average Bonchev–Trinajstić information content (AvgIpc) is 4.41. The van der Waals surface area contributed by atoms with Crippen molar-refractivity contribution in [1.82, 2.24) is 63.0 Å². The lowest BCUT2D eigenvalue weighted by molar-refractivity contribution is -0.143. The highest BCUT2D eigenvalue weighted by atomic mass is 16.2. The lowest BCUT2D eigenvalue weighted by atomic mass is 9.98. The van der Waals surface area contributed by atoms with Crippen LogP contribution in [0.1, 0.15) is 137 Å². The van der Waals surface area contributed by atoms with Gasteiger partial charge in [-0.15, -0.1) is 0 Å². The Labute approximate surface area is 502 Å². The van der Waals surface area contributed by atoms with Crippen LogP contribution in [-0.4, -0.2) is 169 Å². The van der Waals surface area contributed by atoms with Crippen LogP contribution in [-0.2, 0) is 60.8 Å². The number of nitrogens with one attached hydrogen (secondary N) is 10. The van der Waals surface area contributed by atoms with Crippen LogP contribution >= 0.6 is 0 Å². The number of carbonyl (C=O) groups excluding carboxylic acids is 10. The molecule has 0 radical (unpaired) electrons. The van der Waals surface area contributed by atoms with E-state index in [0.29, 0.717) is 58.3 Å². The van der Waals surface area contributed by atoms with Gasteiger partial charge in [0, 0.05) is 25.9 Å². The molecule has 4 fully saturated rings. The van der Waals surface area contributed by atoms with Gasteiger partial charge in [-0.2, -0.15) is 0 Å². The van der Waals surface area contributed by atoms with Gasteiger partial charge in [-0.25, -0.2) is 0 Å². The first kappa shape index (κ1) is 67.2. The van der Waals surface area contributed by atoms with Gasteiger partial charge in [0.15, 0.2) is 0 Å². The first-order valence-corrected chi connectivity index (χ1v) is 31.1. The summed E-state index contributed by atoms with van der Waals surface area (Å²) < 4.78 is 0. The average molecular weight is 1180 g/mol. The molecule has 0 saturated carbocycles. The lowest BCUT2D eigenvalue weighted by Crippen LogP contribution is -2.62. The van der Waals surface area contributed by atoms with Crippen molar-refractivity contribution in [3.8, 4) is 0 Å². The Balaban J connectivity index is 1.45. The van der Waals surface area contributed by atoms with Crippen molar-refractivity contribution in [2.45, 2.75) is 199 Å². The topological polar surface area (TPSA) is 297 Å². The van der Waals surface area contributed by atoms with E-state index in [4.69, 9.17) is 0 Å². The Kier molecular flexibility index (Phi) is 26.2. The summed E-state index contributed by atoms with van der Waals surface area (Å²) >= 11 is 0. The number of carbonyl (C=O) groups is 10. The van der Waals surface area contributed by atoms with E-state index in [1.165, 1.54) is 9.80 Å². The standard InChI is InChI=1S/C63H96N12O10/c1-38(2)34-46-56(78)70-48(36-42-20-11-9-12-21-42)62(84)74-32-17-26-50(74)58(80)73-53(41(7)8)61(83)67-45-25-16-29-65-31-19-30-64-28-15-24-44(54(76)68-46)66-60(82)52(40(5)6)72-59(81)51-27-18-33-75(51)63(85)49(37-43-22-13-10-14-23-43)71-57(79)47(35-39(3)4)69-55(45)77/h9-14,20-23,38-41,44-53,64-65H,15-19,24-37H2,1-8H3,(H,66,82)(H,67,83)(H,68,76)(H,69,77)(H,70,78)(H,71,79)(H,72,81)(H,73,80)/t44-,45-,46-,47-,48+,49+,50-,51-,52-,53?/m0/s1. The fraction of sp³-hybridized carbons (Fsp3) is 0.651. The van der Waals surface area contributed by atoms with Gasteiger partial charge >= 0.3 is 0 Å². The Bertz CT molecular complexity index is 2410. The monoisotopic (exact) mass is 1180 g/mol. The second-order valence-corrected chi connectivity index (χ2v) is 25.0. The van der Waals surface area contributed by atoms with Crippen LogP contribution < -0.4 is 53.2 Å². The lowest BCUT2D eigenvalue weighted by Gasteiger charge is -2.33. The number of amides is 10. The van der Waals surface area contributed by atoms with E-state index in [9.17, 15) is 47.9 Å². The number of benzene rings is 2. The van der Waals surface area contributed by atoms with Gasteiger partial charge in [0.2, 0.25) is 59.1 Å². The Hall–Kier alpha value is -6.94. The third kappa shape index (κ3) is 20.1. The van der Waals surface area contributed by atoms with Crippen molar-refractivity contribution >= 4 is 59.1 Å². The van der Waals surface area contributed by atoms with Crippen molar-refractivity contribution in [3.63, 3.8) is 0 Å². The zero-order valence-corrected chi connectivity index (χ0v) is 51.3. The molecule has 4 saturated heterocycles. The van der Waals surface area contributed by atoms with E-state index in [-0.39, 0.29) is 76.3 Å². The number of hydrogen-bond donors (Lipinski definition) is 10. The van der Waals surface area contributed by atoms with E-state index in [1.807, 2.05) is 88.4 Å². The van der Waals surface area contributed by atoms with Gasteiger partial charge < -0.3 is 63.0 Å². The molecule has 468 valence electrons. The predicted octanol–water partition coefficient (Wildman–Crippen LogP) is 1.89. The quantitative estimate of drug-likeness (QED) is 0.163. The van der Waals surface area contributed by atoms with Gasteiger partial charge in [0.05, 0.1) is 0 Å². The number of rotatable bonds is 10. The first-order chi connectivity index (χ1) is 40.6. The molecule has 10 atom stereocenters. The fourth-order valence-corrected chi connectivity index (χ4v) is 11.7. The summed E-state index contributed by atoms with van der Waals surface area (Å²) in [5.74, 6) is -7.38. The maximum Gasteiger partial charge on any atom is 0.246 e. The summed E-state index contributed by atoms with van der Waals surface area (Å²) in [6.45, 7) is 17.1. The molecule has 2 bridgehead atoms. The molecule has 4 heterocycles. The molecule has 0 spiro atoms. The van der Waals surface area contributed by atoms with Crippen molar-refractivity contribution in [1.29, 1.82) is 0 Å². The molecule has 10 N–H and O–H groups in total. The molecule has 2 aromatic carbocycles. The number of hydrogen-bond acceptors (Lipinski definition) is 12. The van der Waals surface area contributed by atoms with E-state index in [0.717, 1.165) is 11.1 Å². The predicted molar refractivity (Wildman–Crippen MR) is 323 cm³/mol. The number of fused-ring (bicyclic) bond motifs is 14. The molecular weight excluding hydrogens is 1080 g/mol. The second kappa shape index (κ2) is 33.1. The molecule has 4 aliphatic rings. The minimum Gasteiger partial charge on any atom is -0.343 e. The molecule has 0 aromatic heterocycles. The third-order valence-electron chi connectivity index (χ3n) is 16.3. The molecule has 85 heavy (non-hydrogen) atoms. The second-order valence-electron chi connectivity index (χ2n) is 25.0. The van der Waals surface area contributed by atoms with Crippen LogP contribution in [0, 0.1) is 23.7 Å². The van der Waals surface area contributed by atoms with Crippen LogP contribution in [0.15, 0.2) is 60.7 Å². The van der Waals surface area contributed by atoms with Crippen LogP contribution in [0.5, 0.6) is 0 Å². The van der Waals surface area contributed by atoms with Gasteiger partial charge in [-0.1, -0.05) is 116 Å². The zero-order chi connectivity index (χ0) is 61.7. The molecule has 6 rings (SSSR count). The minimum absolute atomic E-state index is 0.0450. The summed E-state index contributed by atoms with van der Waals surface area (Å²) in [5, 5.41) is 30.2. The number of nitrogens with zero attached hydrogens (tertiary/aromatic N) is 2. The van der Waals surface area contributed by atoms with Crippen molar-refractivity contribution in [2.24, 2.45) is 23.7 Å². The molecule has 22 heteroatoms. The molecule has 2 aromatic rings. The van der Waals surface area contributed by atoms with E-state index < -0.39 is 131 Å². The Morgan fingerprint density at radius 3 is 1.08 bits per heavy atom. The van der Waals surface area contributed by atoms with E-state index in [2.05, 4.69) is 53.2 Å². The van der Waals surface area contributed by atoms with E-state index >= 15 is 0 Å². The smallest absolute Gasteiger partial charge is 0.246 e. The van der Waals surface area contributed by atoms with Crippen molar-refractivity contribution in [2.75, 3.05) is 39.3 Å². The molecular formula is C63H96N12O10. The highest BCUT2D eigenvalue weighted by Crippen LogP contribution is 2.24. The van der Waals surface area contributed by atoms with Crippen molar-refractivity contribution in [3.05, 3.63) is 71.8 Å². The molecule has 4 aliphatic heterocycles. The van der Waals surface area contributed by atoms with Gasteiger partial charge in [-0.3, -0.25) is 47.9 Å². The zero-order valence-electron chi connectivity index (χ0n) is 51.3. The van der Waals surface area contributed by atoms with Crippen LogP contribution in [0.4, 0.5) is 0 Å². The highest BCUT2D eigenvalue weighted by Gasteiger charge is 2.43. The van der Waals surface area contributed by atoms with Crippen LogP contribution in [0.2, 0.25) is 0 Å². The normalized spacial score (nSPS) is 27.8. The summed E-state index contributed by atoms with van der Waals surface area (Å²) in [5.41, 5.74) is 1.45. The van der Waals surface area contributed by atoms with Gasteiger partial charge in [0.1, 0.15) is 60.4 Å². The van der Waals surface area contributed by atoms with Gasteiger partial charge in [0.25, 0.3) is 0 Å². The van der Waals surface area contributed by atoms with E-state index in [1.54, 1.807) is 27.7 Å². The first-order valence-electron chi connectivity index (χ1n) is 31.1. The van der Waals surface area contributed by atoms with Crippen LogP contribution in [0.3, 0.4) is 0 Å². The fourth-order valence-electron chi connectivity index (χ4n) is 11.7. The third-order valence-corrected chi connectivity index (χ3v) is 16.3. The maximum atomic E-state index is 15.0. The summed E-state index contributed by atoms with van der Waals surface area (Å²) in [7, 11) is 0. The molecule has 0 aliphatic carbocycles. The summed E-state index contributed by atoms with van der Waals surface area (Å²) in [4.78, 5) is 150. The largest absolute Gasteiger partial charge is 0.343 e. The minimum atomic E-state index is -1.20. The van der Waals surface area contributed by atoms with Crippen LogP contribution in [0.25, 0.3) is 0 Å². The van der Waals surface area contributed by atoms with Crippen molar-refractivity contribution < 1.29 is 47.9 Å². The Morgan fingerprint density at radius 1 is 0.376 bits per heavy atom. The molecule has 1 unspecified atom stereocenters. The molecule has 22 nitrogen and oxygen atoms in total. The highest BCUT2D eigenvalue weighted by molar-refractivity contribution is 6.00. The summed E-state index contributed by atoms with van der Waals surface area (Å²) in [6, 6.07) is 6.68. The summed E-state index contributed by atoms with van der Waals surface area (Å²) in [6.07, 6.45) is 3.68. The SMILES string of the molecule is CC(C)C[C@@H]1NC(=O)[C@@H]2CCCNCCCNCCC[C@H](NC(=O)C(C(C)C)NC(=O)[C@@H]3CCCN3C(=O)[C@@H](Cc3ccccc3)NC1=O)C(=O)N[C@@H](CC(C)C)C(=O)N[C@H](Cc1ccccc1)C(=O)N1CCC[C@H]1C(=O)N[C@@H](C(C)C)C(=O)N2. The molecule has 10 amide bonds. The maximum absolute atomic E-state index is 15.0.